The average Bonchev–Trinajstić information content (AvgIpc) is 3.04. The number of nitrogens with zero attached hydrogens (tertiary/aromatic N) is 3. The van der Waals surface area contributed by atoms with Crippen molar-refractivity contribution in [1.29, 1.82) is 0 Å². The molecule has 0 fully saturated rings. The minimum atomic E-state index is -0.428. The highest BCUT2D eigenvalue weighted by Gasteiger charge is 2.14. The lowest BCUT2D eigenvalue weighted by Crippen LogP contribution is -2.19. The second-order valence-corrected chi connectivity index (χ2v) is 7.32. The third-order valence-electron chi connectivity index (χ3n) is 4.25. The van der Waals surface area contributed by atoms with Crippen molar-refractivity contribution in [2.45, 2.75) is 13.0 Å². The summed E-state index contributed by atoms with van der Waals surface area (Å²) in [5.41, 5.74) is 1.72. The molecule has 0 unspecified atom stereocenters. The van der Waals surface area contributed by atoms with Crippen LogP contribution in [0.5, 0.6) is 0 Å². The van der Waals surface area contributed by atoms with Gasteiger partial charge in [0.2, 0.25) is 0 Å². The first-order chi connectivity index (χ1) is 13.4. The minimum absolute atomic E-state index is 0.0512. The van der Waals surface area contributed by atoms with Crippen molar-refractivity contribution >= 4 is 39.1 Å². The predicted octanol–water partition coefficient (Wildman–Crippen LogP) is 3.21. The topological polar surface area (TPSA) is 63.9 Å². The fraction of sp³-hybridized carbons (Fsp3) is 0.250. The van der Waals surface area contributed by atoms with Crippen molar-refractivity contribution in [1.82, 2.24) is 4.57 Å². The number of benzene rings is 2. The molecule has 3 aromatic rings. The molecule has 0 radical (unpaired) electrons. The second kappa shape index (κ2) is 8.35. The van der Waals surface area contributed by atoms with E-state index in [0.29, 0.717) is 20.6 Å². The molecule has 8 heteroatoms. The Morgan fingerprint density at radius 2 is 1.89 bits per heavy atom. The van der Waals surface area contributed by atoms with Gasteiger partial charge in [0.1, 0.15) is 5.82 Å². The van der Waals surface area contributed by atoms with Crippen LogP contribution in [0, 0.1) is 5.82 Å². The number of aryl methyl sites for hydroxylation is 1. The van der Waals surface area contributed by atoms with Crippen molar-refractivity contribution in [3.05, 3.63) is 58.6 Å². The van der Waals surface area contributed by atoms with E-state index < -0.39 is 17.7 Å². The molecule has 0 bridgehead atoms. The lowest BCUT2D eigenvalue weighted by molar-refractivity contribution is -0.140. The number of ether oxygens (including phenoxy) is 1. The molecule has 0 saturated carbocycles. The molecule has 0 spiro atoms. The maximum atomic E-state index is 14.4. The van der Waals surface area contributed by atoms with Crippen LogP contribution in [-0.4, -0.2) is 37.6 Å². The van der Waals surface area contributed by atoms with Crippen LogP contribution in [0.3, 0.4) is 0 Å². The Morgan fingerprint density at radius 1 is 1.18 bits per heavy atom. The molecule has 1 amide bonds. The average molecular weight is 401 g/mol. The summed E-state index contributed by atoms with van der Waals surface area (Å²) < 4.78 is 21.3. The molecule has 146 valence electrons. The van der Waals surface area contributed by atoms with Gasteiger partial charge >= 0.3 is 5.97 Å². The number of hydrogen-bond acceptors (Lipinski definition) is 5. The summed E-state index contributed by atoms with van der Waals surface area (Å²) in [6, 6.07) is 11.8. The first-order valence-electron chi connectivity index (χ1n) is 8.62. The largest absolute Gasteiger partial charge is 0.469 e. The molecule has 0 aliphatic rings. The van der Waals surface area contributed by atoms with Gasteiger partial charge in [-0.3, -0.25) is 9.59 Å². The smallest absolute Gasteiger partial charge is 0.307 e. The highest BCUT2D eigenvalue weighted by molar-refractivity contribution is 7.16. The van der Waals surface area contributed by atoms with Gasteiger partial charge in [0.05, 0.1) is 23.7 Å². The molecular formula is C20H20FN3O3S. The molecule has 0 N–H and O–H groups in total. The molecule has 0 atom stereocenters. The number of carbonyl (C=O) groups excluding carboxylic acids is 2. The third-order valence-corrected chi connectivity index (χ3v) is 5.29. The van der Waals surface area contributed by atoms with E-state index in [2.05, 4.69) is 9.73 Å². The van der Waals surface area contributed by atoms with Gasteiger partial charge in [0.15, 0.2) is 4.80 Å². The van der Waals surface area contributed by atoms with E-state index in [1.807, 2.05) is 31.1 Å². The normalized spacial score (nSPS) is 11.6. The Labute approximate surface area is 165 Å². The third kappa shape index (κ3) is 4.12. The molecule has 0 aliphatic carbocycles. The lowest BCUT2D eigenvalue weighted by atomic mass is 10.2. The number of anilines is 1. The van der Waals surface area contributed by atoms with Gasteiger partial charge in [-0.1, -0.05) is 17.4 Å². The van der Waals surface area contributed by atoms with Gasteiger partial charge in [-0.2, -0.15) is 4.99 Å². The van der Waals surface area contributed by atoms with Crippen LogP contribution < -0.4 is 9.70 Å². The standard InChI is InChI=1S/C20H20FN3O3S/c1-23(2)14-9-7-13(8-10-14)19(26)22-20-24(12-11-17(25)27-3)18-15(21)5-4-6-16(18)28-20/h4-10H,11-12H2,1-3H3. The molecule has 2 aromatic carbocycles. The number of rotatable bonds is 5. The summed E-state index contributed by atoms with van der Waals surface area (Å²) in [5, 5.41) is 0. The SMILES string of the molecule is COC(=O)CCn1c(=NC(=O)c2ccc(N(C)C)cc2)sc2cccc(F)c21. The lowest BCUT2D eigenvalue weighted by Gasteiger charge is -2.11. The monoisotopic (exact) mass is 401 g/mol. The summed E-state index contributed by atoms with van der Waals surface area (Å²) in [6.45, 7) is 0.166. The number of carbonyl (C=O) groups is 2. The number of aromatic nitrogens is 1. The maximum Gasteiger partial charge on any atom is 0.307 e. The summed E-state index contributed by atoms with van der Waals surface area (Å²) >= 11 is 1.20. The van der Waals surface area contributed by atoms with Gasteiger partial charge in [0, 0.05) is 31.9 Å². The Hall–Kier alpha value is -3.00. The van der Waals surface area contributed by atoms with E-state index in [1.165, 1.54) is 24.5 Å². The highest BCUT2D eigenvalue weighted by atomic mass is 32.1. The van der Waals surface area contributed by atoms with E-state index in [0.717, 1.165) is 5.69 Å². The van der Waals surface area contributed by atoms with E-state index in [4.69, 9.17) is 0 Å². The number of thiazole rings is 1. The molecule has 1 heterocycles. The number of halogens is 1. The van der Waals surface area contributed by atoms with E-state index in [9.17, 15) is 14.0 Å². The Morgan fingerprint density at radius 3 is 2.54 bits per heavy atom. The summed E-state index contributed by atoms with van der Waals surface area (Å²) in [7, 11) is 5.12. The number of esters is 1. The number of amides is 1. The number of methoxy groups -OCH3 is 1. The van der Waals surface area contributed by atoms with Gasteiger partial charge in [0.25, 0.3) is 5.91 Å². The van der Waals surface area contributed by atoms with Gasteiger partial charge < -0.3 is 14.2 Å². The fourth-order valence-electron chi connectivity index (χ4n) is 2.74. The van der Waals surface area contributed by atoms with Gasteiger partial charge in [-0.05, 0) is 36.4 Å². The number of fused-ring (bicyclic) bond motifs is 1. The van der Waals surface area contributed by atoms with Crippen LogP contribution in [0.25, 0.3) is 10.2 Å². The fourth-order valence-corrected chi connectivity index (χ4v) is 3.81. The van der Waals surface area contributed by atoms with Crippen molar-refractivity contribution in [2.75, 3.05) is 26.1 Å². The Kier molecular flexibility index (Phi) is 5.89. The Bertz CT molecular complexity index is 1080. The summed E-state index contributed by atoms with van der Waals surface area (Å²) in [4.78, 5) is 30.6. The maximum absolute atomic E-state index is 14.4. The zero-order valence-corrected chi connectivity index (χ0v) is 16.6. The van der Waals surface area contributed by atoms with Crippen LogP contribution in [-0.2, 0) is 16.1 Å². The van der Waals surface area contributed by atoms with Crippen molar-refractivity contribution < 1.29 is 18.7 Å². The highest BCUT2D eigenvalue weighted by Crippen LogP contribution is 2.21. The van der Waals surface area contributed by atoms with Crippen LogP contribution in [0.2, 0.25) is 0 Å². The van der Waals surface area contributed by atoms with E-state index in [1.54, 1.807) is 28.8 Å². The quantitative estimate of drug-likeness (QED) is 0.616. The molecule has 28 heavy (non-hydrogen) atoms. The Balaban J connectivity index is 2.04. The number of hydrogen-bond donors (Lipinski definition) is 0. The predicted molar refractivity (Wildman–Crippen MR) is 107 cm³/mol. The molecule has 6 nitrogen and oxygen atoms in total. The molecule has 3 rings (SSSR count). The molecule has 0 aliphatic heterocycles. The molecule has 1 aromatic heterocycles. The van der Waals surface area contributed by atoms with E-state index >= 15 is 0 Å². The molecule has 0 saturated heterocycles. The van der Waals surface area contributed by atoms with Crippen LogP contribution >= 0.6 is 11.3 Å². The minimum Gasteiger partial charge on any atom is -0.469 e. The van der Waals surface area contributed by atoms with Crippen molar-refractivity contribution in [2.24, 2.45) is 4.99 Å². The van der Waals surface area contributed by atoms with Crippen LogP contribution in [0.1, 0.15) is 16.8 Å². The summed E-state index contributed by atoms with van der Waals surface area (Å²) in [5.74, 6) is -1.27. The zero-order valence-electron chi connectivity index (χ0n) is 15.8. The van der Waals surface area contributed by atoms with Gasteiger partial charge in [-0.15, -0.1) is 0 Å². The van der Waals surface area contributed by atoms with Gasteiger partial charge in [-0.25, -0.2) is 4.39 Å². The van der Waals surface area contributed by atoms with Crippen molar-refractivity contribution in [3.8, 4) is 0 Å². The van der Waals surface area contributed by atoms with E-state index in [-0.39, 0.29) is 13.0 Å². The first kappa shape index (κ1) is 19.8. The van der Waals surface area contributed by atoms with Crippen LogP contribution in [0.4, 0.5) is 10.1 Å². The molecular weight excluding hydrogens is 381 g/mol. The van der Waals surface area contributed by atoms with Crippen LogP contribution in [0.15, 0.2) is 47.5 Å². The number of para-hydroxylation sites is 1. The van der Waals surface area contributed by atoms with Crippen molar-refractivity contribution in [3.63, 3.8) is 0 Å². The second-order valence-electron chi connectivity index (χ2n) is 6.31. The summed E-state index contributed by atoms with van der Waals surface area (Å²) in [6.07, 6.45) is 0.0512. The first-order valence-corrected chi connectivity index (χ1v) is 9.43. The zero-order chi connectivity index (χ0) is 20.3.